The van der Waals surface area contributed by atoms with E-state index in [2.05, 4.69) is 10.6 Å². The van der Waals surface area contributed by atoms with E-state index in [0.717, 1.165) is 18.2 Å². The Morgan fingerprint density at radius 1 is 1.50 bits per heavy atom. The van der Waals surface area contributed by atoms with E-state index >= 15 is 0 Å². The van der Waals surface area contributed by atoms with Gasteiger partial charge in [-0.2, -0.15) is 9.98 Å². The van der Waals surface area contributed by atoms with Crippen molar-refractivity contribution in [2.45, 2.75) is 4.90 Å². The van der Waals surface area contributed by atoms with E-state index in [-0.39, 0.29) is 17.0 Å². The molecule has 4 nitrogen and oxygen atoms in total. The van der Waals surface area contributed by atoms with Crippen LogP contribution >= 0.6 is 0 Å². The van der Waals surface area contributed by atoms with Crippen LogP contribution in [0.4, 0.5) is 4.39 Å². The Morgan fingerprint density at radius 2 is 2.19 bits per heavy atom. The monoisotopic (exact) mass is 238 g/mol. The molecule has 0 unspecified atom stereocenters. The zero-order valence-electron chi connectivity index (χ0n) is 8.07. The third-order valence-electron chi connectivity index (χ3n) is 1.73. The third-order valence-corrected chi connectivity index (χ3v) is 3.13. The minimum Gasteiger partial charge on any atom is -0.207 e. The van der Waals surface area contributed by atoms with Crippen molar-refractivity contribution < 1.29 is 12.8 Å². The van der Waals surface area contributed by atoms with Gasteiger partial charge in [-0.25, -0.2) is 12.8 Å². The van der Waals surface area contributed by atoms with E-state index in [9.17, 15) is 12.8 Å². The molecule has 0 aliphatic carbocycles. The number of nitrogens with zero attached hydrogens (tertiary/aromatic N) is 1. The number of nitriles is 1. The lowest BCUT2D eigenvalue weighted by atomic mass is 10.2. The summed E-state index contributed by atoms with van der Waals surface area (Å²) in [6.07, 6.45) is 4.90. The molecule has 0 radical (unpaired) electrons. The number of terminal acetylenes is 1. The average Bonchev–Trinajstić information content (AvgIpc) is 2.27. The van der Waals surface area contributed by atoms with Gasteiger partial charge in [0.1, 0.15) is 11.9 Å². The van der Waals surface area contributed by atoms with Gasteiger partial charge in [-0.15, -0.1) is 6.42 Å². The molecule has 0 saturated heterocycles. The maximum absolute atomic E-state index is 12.9. The first kappa shape index (κ1) is 12.2. The number of benzene rings is 1. The molecule has 0 aromatic heterocycles. The van der Waals surface area contributed by atoms with Crippen LogP contribution in [-0.2, 0) is 10.0 Å². The predicted molar refractivity (Wildman–Crippen MR) is 55.1 cm³/mol. The molecule has 82 valence electrons. The van der Waals surface area contributed by atoms with Crippen LogP contribution in [0.5, 0.6) is 0 Å². The molecule has 6 heteroatoms. The Bertz CT molecular complexity index is 582. The molecule has 1 rings (SSSR count). The van der Waals surface area contributed by atoms with E-state index in [1.807, 2.05) is 0 Å². The molecule has 0 fully saturated rings. The second kappa shape index (κ2) is 4.75. The topological polar surface area (TPSA) is 70.0 Å². The van der Waals surface area contributed by atoms with Gasteiger partial charge >= 0.3 is 0 Å². The smallest absolute Gasteiger partial charge is 0.207 e. The van der Waals surface area contributed by atoms with Crippen molar-refractivity contribution in [2.75, 3.05) is 6.54 Å². The summed E-state index contributed by atoms with van der Waals surface area (Å²) in [6.45, 7) is -0.165. The molecule has 0 aliphatic rings. The highest BCUT2D eigenvalue weighted by Gasteiger charge is 2.15. The van der Waals surface area contributed by atoms with Crippen molar-refractivity contribution in [2.24, 2.45) is 0 Å². The van der Waals surface area contributed by atoms with Gasteiger partial charge in [0.15, 0.2) is 0 Å². The van der Waals surface area contributed by atoms with Crippen LogP contribution in [-0.4, -0.2) is 15.0 Å². The molecule has 0 saturated carbocycles. The Balaban J connectivity index is 3.17. The first-order valence-electron chi connectivity index (χ1n) is 4.14. The fourth-order valence-electron chi connectivity index (χ4n) is 0.977. The molecule has 1 aromatic rings. The molecule has 0 amide bonds. The molecule has 16 heavy (non-hydrogen) atoms. The standard InChI is InChI=1S/C10H7FN2O2S/c1-2-5-13-16(14,15)9-3-4-10(11)8(6-9)7-12/h1,3-4,6,13H,5H2. The molecule has 0 bridgehead atoms. The SMILES string of the molecule is C#CCNS(=O)(=O)c1ccc(F)c(C#N)c1. The summed E-state index contributed by atoms with van der Waals surface area (Å²) in [5.74, 6) is 1.34. The lowest BCUT2D eigenvalue weighted by Gasteiger charge is -2.04. The van der Waals surface area contributed by atoms with Crippen molar-refractivity contribution in [1.29, 1.82) is 5.26 Å². The molecular weight excluding hydrogens is 231 g/mol. The quantitative estimate of drug-likeness (QED) is 0.784. The van der Waals surface area contributed by atoms with Crippen LogP contribution in [0.25, 0.3) is 0 Å². The van der Waals surface area contributed by atoms with Crippen molar-refractivity contribution in [3.05, 3.63) is 29.6 Å². The van der Waals surface area contributed by atoms with E-state index in [4.69, 9.17) is 11.7 Å². The minimum atomic E-state index is -3.78. The summed E-state index contributed by atoms with van der Waals surface area (Å²) in [5, 5.41) is 8.55. The van der Waals surface area contributed by atoms with Crippen LogP contribution in [0.1, 0.15) is 5.56 Å². The summed E-state index contributed by atoms with van der Waals surface area (Å²) in [5.41, 5.74) is -0.330. The second-order valence-electron chi connectivity index (χ2n) is 2.78. The van der Waals surface area contributed by atoms with Crippen molar-refractivity contribution >= 4 is 10.0 Å². The van der Waals surface area contributed by atoms with Crippen LogP contribution in [0.3, 0.4) is 0 Å². The highest BCUT2D eigenvalue weighted by molar-refractivity contribution is 7.89. The van der Waals surface area contributed by atoms with Crippen molar-refractivity contribution in [1.82, 2.24) is 4.72 Å². The minimum absolute atomic E-state index is 0.165. The first-order chi connectivity index (χ1) is 7.51. The Labute approximate surface area is 92.8 Å². The molecule has 1 N–H and O–H groups in total. The van der Waals surface area contributed by atoms with Crippen LogP contribution < -0.4 is 4.72 Å². The van der Waals surface area contributed by atoms with Gasteiger partial charge in [-0.05, 0) is 18.2 Å². The summed E-state index contributed by atoms with van der Waals surface area (Å²) >= 11 is 0. The van der Waals surface area contributed by atoms with Gasteiger partial charge < -0.3 is 0 Å². The second-order valence-corrected chi connectivity index (χ2v) is 4.55. The van der Waals surface area contributed by atoms with Gasteiger partial charge in [-0.3, -0.25) is 0 Å². The number of hydrogen-bond donors (Lipinski definition) is 1. The van der Waals surface area contributed by atoms with Gasteiger partial charge in [0.25, 0.3) is 0 Å². The summed E-state index contributed by atoms with van der Waals surface area (Å²) in [6, 6.07) is 4.49. The molecule has 0 aliphatic heterocycles. The molecule has 1 aromatic carbocycles. The molecule has 0 atom stereocenters. The maximum atomic E-state index is 12.9. The van der Waals surface area contributed by atoms with Crippen LogP contribution in [0.2, 0.25) is 0 Å². The first-order valence-corrected chi connectivity index (χ1v) is 5.62. The van der Waals surface area contributed by atoms with E-state index in [0.29, 0.717) is 0 Å². The van der Waals surface area contributed by atoms with E-state index in [1.165, 1.54) is 0 Å². The summed E-state index contributed by atoms with van der Waals surface area (Å²) in [4.78, 5) is -0.194. The zero-order chi connectivity index (χ0) is 12.2. The molecule has 0 heterocycles. The summed E-state index contributed by atoms with van der Waals surface area (Å²) in [7, 11) is -3.78. The zero-order valence-corrected chi connectivity index (χ0v) is 8.88. The fourth-order valence-corrected chi connectivity index (χ4v) is 1.94. The Kier molecular flexibility index (Phi) is 3.62. The average molecular weight is 238 g/mol. The molecular formula is C10H7FN2O2S. The molecule has 0 spiro atoms. The Hall–Kier alpha value is -1.89. The van der Waals surface area contributed by atoms with Crippen LogP contribution in [0.15, 0.2) is 23.1 Å². The van der Waals surface area contributed by atoms with E-state index < -0.39 is 15.8 Å². The maximum Gasteiger partial charge on any atom is 0.241 e. The van der Waals surface area contributed by atoms with Gasteiger partial charge in [0, 0.05) is 0 Å². The number of halogens is 1. The number of nitrogens with one attached hydrogen (secondary N) is 1. The van der Waals surface area contributed by atoms with E-state index in [1.54, 1.807) is 6.07 Å². The predicted octanol–water partition coefficient (Wildman–Crippen LogP) is 0.609. The third kappa shape index (κ3) is 2.57. The summed E-state index contributed by atoms with van der Waals surface area (Å²) < 4.78 is 38.1. The van der Waals surface area contributed by atoms with Gasteiger partial charge in [0.05, 0.1) is 17.0 Å². The highest BCUT2D eigenvalue weighted by Crippen LogP contribution is 2.13. The number of sulfonamides is 1. The van der Waals surface area contributed by atoms with Gasteiger partial charge in [0.2, 0.25) is 10.0 Å². The lowest BCUT2D eigenvalue weighted by Crippen LogP contribution is -2.24. The van der Waals surface area contributed by atoms with Gasteiger partial charge in [-0.1, -0.05) is 5.92 Å². The van der Waals surface area contributed by atoms with Crippen molar-refractivity contribution in [3.8, 4) is 18.4 Å². The number of rotatable bonds is 3. The largest absolute Gasteiger partial charge is 0.241 e. The number of hydrogen-bond acceptors (Lipinski definition) is 3. The normalized spacial score (nSPS) is 10.4. The fraction of sp³-hybridized carbons (Fsp3) is 0.100. The highest BCUT2D eigenvalue weighted by atomic mass is 32.2. The van der Waals surface area contributed by atoms with Crippen molar-refractivity contribution in [3.63, 3.8) is 0 Å². The Morgan fingerprint density at radius 3 is 2.75 bits per heavy atom. The lowest BCUT2D eigenvalue weighted by molar-refractivity contribution is 0.585. The van der Waals surface area contributed by atoms with Crippen LogP contribution in [0, 0.1) is 29.5 Å².